The molecule has 1 atom stereocenters. The van der Waals surface area contributed by atoms with Gasteiger partial charge in [0.2, 0.25) is 0 Å². The van der Waals surface area contributed by atoms with E-state index < -0.39 is 7.25 Å². The molecule has 1 unspecified atom stereocenters. The van der Waals surface area contributed by atoms with Crippen molar-refractivity contribution >= 4 is 19.2 Å². The molecule has 0 amide bonds. The van der Waals surface area contributed by atoms with Gasteiger partial charge in [-0.25, -0.2) is 4.49 Å². The Morgan fingerprint density at radius 2 is 1.14 bits per heavy atom. The molecule has 0 fully saturated rings. The molecule has 6 rings (SSSR count). The first-order valence-electron chi connectivity index (χ1n) is 12.6. The molecular weight excluding hydrogens is 453 g/mol. The highest BCUT2D eigenvalue weighted by Crippen LogP contribution is 2.35. The van der Waals surface area contributed by atoms with Crippen LogP contribution >= 0.6 is 0 Å². The number of nitrogens with zero attached hydrogens (tertiary/aromatic N) is 1. The van der Waals surface area contributed by atoms with Gasteiger partial charge in [-0.2, -0.15) is 0 Å². The second kappa shape index (κ2) is 10.7. The van der Waals surface area contributed by atoms with Gasteiger partial charge in [-0.05, 0) is 40.5 Å². The summed E-state index contributed by atoms with van der Waals surface area (Å²) in [6, 6.07) is 47.9. The molecule has 5 aromatic carbocycles. The minimum atomic E-state index is -0.590. The topological polar surface area (TPSA) is 21.5 Å². The molecule has 0 saturated heterocycles. The molecule has 0 saturated carbocycles. The van der Waals surface area contributed by atoms with E-state index in [1.165, 1.54) is 16.7 Å². The van der Waals surface area contributed by atoms with Crippen molar-refractivity contribution in [3.63, 3.8) is 0 Å². The first-order valence-corrected chi connectivity index (χ1v) is 12.6. The van der Waals surface area contributed by atoms with Gasteiger partial charge in [-0.3, -0.25) is 0 Å². The van der Waals surface area contributed by atoms with Gasteiger partial charge in [0.15, 0.2) is 5.69 Å². The number of hydrogen-bond acceptors (Lipinski definition) is 2. The lowest BCUT2D eigenvalue weighted by Gasteiger charge is -2.23. The van der Waals surface area contributed by atoms with Crippen molar-refractivity contribution in [2.24, 2.45) is 0 Å². The van der Waals surface area contributed by atoms with E-state index in [1.54, 1.807) is 0 Å². The largest absolute Gasteiger partial charge is 0.921 e. The summed E-state index contributed by atoms with van der Waals surface area (Å²) in [5.74, 6) is 0.821. The van der Waals surface area contributed by atoms with Gasteiger partial charge in [0.1, 0.15) is 12.0 Å². The Labute approximate surface area is 218 Å². The van der Waals surface area contributed by atoms with Gasteiger partial charge in [0, 0.05) is 6.07 Å². The molecule has 0 radical (unpaired) electrons. The smallest absolute Gasteiger partial charge is 0.474 e. The van der Waals surface area contributed by atoms with Crippen LogP contribution in [0.4, 0.5) is 5.69 Å². The van der Waals surface area contributed by atoms with Crippen LogP contribution in [0.25, 0.3) is 22.3 Å². The average molecular weight is 480 g/mol. The van der Waals surface area contributed by atoms with Crippen molar-refractivity contribution < 1.29 is 13.8 Å². The standard InChI is InChI=1S/C33H27BNO2/c1-4-14-26(15-5-1)30-20-10-11-21-31(30)28-24-35(34(36-25-28)37-29-18-8-3-9-19-29)33-23-13-12-22-32(33)27-16-6-2-7-17-27/h1-24,28H,25H2/q+1. The average Bonchev–Trinajstić information content (AvgIpc) is 2.99. The summed E-state index contributed by atoms with van der Waals surface area (Å²) in [7, 11) is -0.590. The Morgan fingerprint density at radius 1 is 0.595 bits per heavy atom. The van der Waals surface area contributed by atoms with Crippen molar-refractivity contribution in [2.45, 2.75) is 5.92 Å². The third kappa shape index (κ3) is 4.97. The summed E-state index contributed by atoms with van der Waals surface area (Å²) in [6.45, 7) is 0.519. The Hall–Kier alpha value is -4.41. The van der Waals surface area contributed by atoms with Crippen LogP contribution in [0.15, 0.2) is 140 Å². The highest BCUT2D eigenvalue weighted by atomic mass is 16.6. The SMILES string of the molecule is C1=[N+](c2ccccc2-c2ccccc2)B(Oc2ccccc2)OCC1c1ccccc1-c1ccccc1. The summed E-state index contributed by atoms with van der Waals surface area (Å²) in [5, 5.41) is 0. The van der Waals surface area contributed by atoms with Crippen molar-refractivity contribution in [1.29, 1.82) is 0 Å². The Morgan fingerprint density at radius 3 is 1.84 bits per heavy atom. The molecule has 0 bridgehead atoms. The van der Waals surface area contributed by atoms with Crippen molar-refractivity contribution in [3.8, 4) is 28.0 Å². The van der Waals surface area contributed by atoms with Gasteiger partial charge in [-0.1, -0.05) is 115 Å². The minimum absolute atomic E-state index is 0.0517. The molecule has 1 aliphatic heterocycles. The lowest BCUT2D eigenvalue weighted by Crippen LogP contribution is -2.44. The summed E-state index contributed by atoms with van der Waals surface area (Å²) in [6.07, 6.45) is 2.26. The summed E-state index contributed by atoms with van der Waals surface area (Å²) < 4.78 is 15.0. The molecule has 0 aromatic heterocycles. The maximum Gasteiger partial charge on any atom is 0.921 e. The molecular formula is C33H27BNO2+. The van der Waals surface area contributed by atoms with E-state index in [9.17, 15) is 0 Å². The minimum Gasteiger partial charge on any atom is -0.474 e. The van der Waals surface area contributed by atoms with E-state index in [-0.39, 0.29) is 5.92 Å². The van der Waals surface area contributed by atoms with Crippen LogP contribution in [0.3, 0.4) is 0 Å². The zero-order valence-corrected chi connectivity index (χ0v) is 20.5. The van der Waals surface area contributed by atoms with Crippen LogP contribution in [0, 0.1) is 0 Å². The number of hydrogen-bond donors (Lipinski definition) is 0. The first-order chi connectivity index (χ1) is 18.4. The quantitative estimate of drug-likeness (QED) is 0.233. The third-order valence-electron chi connectivity index (χ3n) is 6.68. The molecule has 1 heterocycles. The molecule has 3 nitrogen and oxygen atoms in total. The fourth-order valence-electron chi connectivity index (χ4n) is 4.91. The van der Waals surface area contributed by atoms with Gasteiger partial charge in [-0.15, -0.1) is 0 Å². The van der Waals surface area contributed by atoms with Crippen molar-refractivity contribution in [1.82, 2.24) is 0 Å². The van der Waals surface area contributed by atoms with E-state index in [2.05, 4.69) is 114 Å². The second-order valence-corrected chi connectivity index (χ2v) is 9.07. The highest BCUT2D eigenvalue weighted by molar-refractivity contribution is 6.37. The first kappa shape index (κ1) is 23.0. The normalized spacial score (nSPS) is 15.2. The predicted molar refractivity (Wildman–Crippen MR) is 151 cm³/mol. The highest BCUT2D eigenvalue weighted by Gasteiger charge is 2.47. The van der Waals surface area contributed by atoms with Gasteiger partial charge in [0.25, 0.3) is 0 Å². The molecule has 1 aliphatic rings. The molecule has 5 aromatic rings. The summed E-state index contributed by atoms with van der Waals surface area (Å²) >= 11 is 0. The zero-order chi connectivity index (χ0) is 24.9. The summed E-state index contributed by atoms with van der Waals surface area (Å²) in [5.41, 5.74) is 6.96. The van der Waals surface area contributed by atoms with Crippen molar-refractivity contribution in [2.75, 3.05) is 6.61 Å². The predicted octanol–water partition coefficient (Wildman–Crippen LogP) is 7.61. The maximum atomic E-state index is 6.47. The fourth-order valence-corrected chi connectivity index (χ4v) is 4.91. The molecule has 0 N–H and O–H groups in total. The van der Waals surface area contributed by atoms with E-state index in [1.807, 2.05) is 36.4 Å². The lowest BCUT2D eigenvalue weighted by atomic mass is 9.88. The number of rotatable bonds is 6. The van der Waals surface area contributed by atoms with Gasteiger partial charge < -0.3 is 9.31 Å². The van der Waals surface area contributed by atoms with Crippen LogP contribution in [-0.2, 0) is 4.65 Å². The van der Waals surface area contributed by atoms with Crippen LogP contribution in [-0.4, -0.2) is 24.6 Å². The molecule has 0 spiro atoms. The van der Waals surface area contributed by atoms with E-state index in [0.29, 0.717) is 6.61 Å². The fraction of sp³-hybridized carbons (Fsp3) is 0.0606. The van der Waals surface area contributed by atoms with Crippen LogP contribution in [0.1, 0.15) is 11.5 Å². The van der Waals surface area contributed by atoms with Crippen LogP contribution in [0.2, 0.25) is 0 Å². The van der Waals surface area contributed by atoms with Crippen LogP contribution in [0.5, 0.6) is 5.75 Å². The van der Waals surface area contributed by atoms with E-state index in [0.717, 1.165) is 22.6 Å². The van der Waals surface area contributed by atoms with Gasteiger partial charge in [0.05, 0.1) is 18.1 Å². The second-order valence-electron chi connectivity index (χ2n) is 9.07. The molecule has 4 heteroatoms. The zero-order valence-electron chi connectivity index (χ0n) is 20.5. The molecule has 0 aliphatic carbocycles. The monoisotopic (exact) mass is 480 g/mol. The number of para-hydroxylation sites is 2. The molecule has 178 valence electrons. The summed E-state index contributed by atoms with van der Waals surface area (Å²) in [4.78, 5) is 0. The van der Waals surface area contributed by atoms with E-state index in [4.69, 9.17) is 9.31 Å². The van der Waals surface area contributed by atoms with Gasteiger partial charge >= 0.3 is 7.25 Å². The van der Waals surface area contributed by atoms with Crippen LogP contribution < -0.4 is 4.65 Å². The lowest BCUT2D eigenvalue weighted by molar-refractivity contribution is -0.330. The Balaban J connectivity index is 1.47. The Bertz CT molecular complexity index is 1500. The van der Waals surface area contributed by atoms with Crippen molar-refractivity contribution in [3.05, 3.63) is 145 Å². The molecule has 37 heavy (non-hydrogen) atoms. The van der Waals surface area contributed by atoms with E-state index >= 15 is 0 Å². The maximum absolute atomic E-state index is 6.47. The number of benzene rings is 5. The third-order valence-corrected chi connectivity index (χ3v) is 6.68. The Kier molecular flexibility index (Phi) is 6.65.